The quantitative estimate of drug-likeness (QED) is 0.229. The van der Waals surface area contributed by atoms with Gasteiger partial charge in [-0.15, -0.1) is 0 Å². The van der Waals surface area contributed by atoms with Gasteiger partial charge in [0.25, 0.3) is 0 Å². The molecule has 2 aliphatic carbocycles. The Morgan fingerprint density at radius 3 is 2.46 bits per heavy atom. The third-order valence-electron chi connectivity index (χ3n) is 8.09. The van der Waals surface area contributed by atoms with E-state index >= 15 is 0 Å². The number of hydrogen-bond acceptors (Lipinski definition) is 2. The van der Waals surface area contributed by atoms with E-state index in [2.05, 4.69) is 83.3 Å². The molecule has 0 fully saturated rings. The number of imidazole rings is 1. The molecular formula is C32H19N3. The molecule has 0 atom stereocenters. The van der Waals surface area contributed by atoms with E-state index in [1.54, 1.807) is 0 Å². The minimum Gasteiger partial charge on any atom is -0.290 e. The lowest BCUT2D eigenvalue weighted by Crippen LogP contribution is -1.96. The van der Waals surface area contributed by atoms with Gasteiger partial charge in [-0.05, 0) is 81.6 Å². The number of fused-ring (bicyclic) bond motifs is 16. The van der Waals surface area contributed by atoms with Crippen molar-refractivity contribution in [2.24, 2.45) is 0 Å². The van der Waals surface area contributed by atoms with Crippen LogP contribution in [0.4, 0.5) is 0 Å². The molecule has 0 amide bonds. The Labute approximate surface area is 201 Å². The van der Waals surface area contributed by atoms with Crippen LogP contribution in [0.3, 0.4) is 0 Å². The van der Waals surface area contributed by atoms with Gasteiger partial charge in [-0.3, -0.25) is 9.38 Å². The largest absolute Gasteiger partial charge is 0.290 e. The van der Waals surface area contributed by atoms with E-state index in [1.807, 2.05) is 12.3 Å². The maximum Gasteiger partial charge on any atom is 0.146 e. The molecule has 2 aliphatic rings. The molecule has 3 heteroatoms. The lowest BCUT2D eigenvalue weighted by Gasteiger charge is -2.12. The zero-order valence-electron chi connectivity index (χ0n) is 18.9. The van der Waals surface area contributed by atoms with Crippen molar-refractivity contribution in [3.8, 4) is 22.3 Å². The van der Waals surface area contributed by atoms with E-state index in [-0.39, 0.29) is 0 Å². The zero-order valence-corrected chi connectivity index (χ0v) is 18.9. The van der Waals surface area contributed by atoms with Gasteiger partial charge in [0.05, 0.1) is 22.1 Å². The number of benzene rings is 4. The molecule has 0 saturated heterocycles. The van der Waals surface area contributed by atoms with E-state index in [4.69, 9.17) is 9.97 Å². The van der Waals surface area contributed by atoms with Crippen LogP contribution in [0.1, 0.15) is 22.3 Å². The van der Waals surface area contributed by atoms with Gasteiger partial charge in [0.2, 0.25) is 0 Å². The molecule has 0 saturated carbocycles. The van der Waals surface area contributed by atoms with Gasteiger partial charge in [0, 0.05) is 17.0 Å². The summed E-state index contributed by atoms with van der Waals surface area (Å²) in [5.74, 6) is 0. The van der Waals surface area contributed by atoms with E-state index in [9.17, 15) is 0 Å². The number of rotatable bonds is 0. The van der Waals surface area contributed by atoms with Crippen LogP contribution in [0.5, 0.6) is 0 Å². The minimum absolute atomic E-state index is 0.933. The average Bonchev–Trinajstić information content (AvgIpc) is 3.59. The van der Waals surface area contributed by atoms with Crippen molar-refractivity contribution in [2.45, 2.75) is 12.8 Å². The van der Waals surface area contributed by atoms with E-state index in [0.717, 1.165) is 40.6 Å². The number of aromatic nitrogens is 3. The summed E-state index contributed by atoms with van der Waals surface area (Å²) in [4.78, 5) is 10.0. The Bertz CT molecular complexity index is 2060. The van der Waals surface area contributed by atoms with Crippen LogP contribution in [0.15, 0.2) is 91.1 Å². The highest BCUT2D eigenvalue weighted by molar-refractivity contribution is 6.16. The summed E-state index contributed by atoms with van der Waals surface area (Å²) >= 11 is 0. The predicted octanol–water partition coefficient (Wildman–Crippen LogP) is 7.33. The van der Waals surface area contributed by atoms with Gasteiger partial charge < -0.3 is 0 Å². The van der Waals surface area contributed by atoms with Gasteiger partial charge in [-0.25, -0.2) is 4.98 Å². The first-order chi connectivity index (χ1) is 17.4. The summed E-state index contributed by atoms with van der Waals surface area (Å²) in [5.41, 5.74) is 16.6. The predicted molar refractivity (Wildman–Crippen MR) is 142 cm³/mol. The molecule has 9 rings (SSSR count). The van der Waals surface area contributed by atoms with Crippen LogP contribution >= 0.6 is 0 Å². The lowest BCUT2D eigenvalue weighted by atomic mass is 9.94. The van der Waals surface area contributed by atoms with E-state index in [0.29, 0.717) is 0 Å². The fourth-order valence-electron chi connectivity index (χ4n) is 6.67. The summed E-state index contributed by atoms with van der Waals surface area (Å²) in [6.07, 6.45) is 3.84. The van der Waals surface area contributed by atoms with Crippen LogP contribution in [0.2, 0.25) is 0 Å². The SMILES string of the molecule is c1ccc2c(c1)Cc1c-2ccc2c1-c1ccc3c4ncccc4n4c5ccccc5nc4c3c1C2. The molecular weight excluding hydrogens is 426 g/mol. The molecule has 3 heterocycles. The topological polar surface area (TPSA) is 30.2 Å². The summed E-state index contributed by atoms with van der Waals surface area (Å²) in [6.45, 7) is 0. The summed E-state index contributed by atoms with van der Waals surface area (Å²) in [7, 11) is 0. The monoisotopic (exact) mass is 445 g/mol. The second-order valence-electron chi connectivity index (χ2n) is 9.78. The first-order valence-corrected chi connectivity index (χ1v) is 12.2. The summed E-state index contributed by atoms with van der Waals surface area (Å²) < 4.78 is 2.31. The van der Waals surface area contributed by atoms with Crippen LogP contribution in [0.25, 0.3) is 60.7 Å². The smallest absolute Gasteiger partial charge is 0.146 e. The minimum atomic E-state index is 0.933. The molecule has 0 radical (unpaired) electrons. The number of para-hydroxylation sites is 2. The molecule has 162 valence electrons. The van der Waals surface area contributed by atoms with Crippen molar-refractivity contribution < 1.29 is 0 Å². The molecule has 0 N–H and O–H groups in total. The summed E-state index contributed by atoms with van der Waals surface area (Å²) in [6, 6.07) is 30.8. The van der Waals surface area contributed by atoms with Crippen LogP contribution in [0, 0.1) is 0 Å². The summed E-state index contributed by atoms with van der Waals surface area (Å²) in [5, 5.41) is 2.43. The third kappa shape index (κ3) is 2.12. The first kappa shape index (κ1) is 17.9. The van der Waals surface area contributed by atoms with Crippen molar-refractivity contribution >= 4 is 38.5 Å². The molecule has 3 aromatic heterocycles. The standard InChI is InChI=1S/C32H19N3/c1-2-7-20-18(6-1)16-24-21(20)12-11-19-17-25-22(29(19)24)13-14-23-30(25)32-34-26-8-3-4-9-27(26)35(32)28-10-5-15-33-31(23)28/h1-15H,16-17H2. The fourth-order valence-corrected chi connectivity index (χ4v) is 6.67. The molecule has 4 aromatic carbocycles. The van der Waals surface area contributed by atoms with Crippen molar-refractivity contribution in [2.75, 3.05) is 0 Å². The molecule has 0 aliphatic heterocycles. The highest BCUT2D eigenvalue weighted by atomic mass is 15.0. The second-order valence-corrected chi connectivity index (χ2v) is 9.78. The third-order valence-corrected chi connectivity index (χ3v) is 8.09. The molecule has 0 unspecified atom stereocenters. The zero-order chi connectivity index (χ0) is 22.7. The Balaban J connectivity index is 1.44. The van der Waals surface area contributed by atoms with Gasteiger partial charge in [-0.2, -0.15) is 0 Å². The van der Waals surface area contributed by atoms with Crippen molar-refractivity contribution in [1.29, 1.82) is 0 Å². The highest BCUT2D eigenvalue weighted by Gasteiger charge is 2.30. The molecule has 7 aromatic rings. The van der Waals surface area contributed by atoms with E-state index in [1.165, 1.54) is 55.3 Å². The first-order valence-electron chi connectivity index (χ1n) is 12.2. The Morgan fingerprint density at radius 2 is 1.46 bits per heavy atom. The molecule has 3 nitrogen and oxygen atoms in total. The van der Waals surface area contributed by atoms with Gasteiger partial charge in [0.15, 0.2) is 0 Å². The maximum absolute atomic E-state index is 5.17. The maximum atomic E-state index is 5.17. The van der Waals surface area contributed by atoms with Gasteiger partial charge in [0.1, 0.15) is 5.65 Å². The van der Waals surface area contributed by atoms with Crippen molar-refractivity contribution in [1.82, 2.24) is 14.4 Å². The Morgan fingerprint density at radius 1 is 0.629 bits per heavy atom. The highest BCUT2D eigenvalue weighted by Crippen LogP contribution is 2.50. The number of hydrogen-bond donors (Lipinski definition) is 0. The Kier molecular flexibility index (Phi) is 3.14. The second kappa shape index (κ2) is 6.13. The Hall–Kier alpha value is -4.50. The normalized spacial score (nSPS) is 13.5. The van der Waals surface area contributed by atoms with Crippen LogP contribution < -0.4 is 0 Å². The van der Waals surface area contributed by atoms with Crippen molar-refractivity contribution in [3.63, 3.8) is 0 Å². The molecule has 35 heavy (non-hydrogen) atoms. The lowest BCUT2D eigenvalue weighted by molar-refractivity contribution is 1.24. The number of pyridine rings is 2. The van der Waals surface area contributed by atoms with Gasteiger partial charge in [-0.1, -0.05) is 60.7 Å². The fraction of sp³-hybridized carbons (Fsp3) is 0.0625. The number of nitrogens with zero attached hydrogens (tertiary/aromatic N) is 3. The van der Waals surface area contributed by atoms with Crippen LogP contribution in [-0.2, 0) is 12.8 Å². The molecule has 0 spiro atoms. The average molecular weight is 446 g/mol. The van der Waals surface area contributed by atoms with Gasteiger partial charge >= 0.3 is 0 Å². The van der Waals surface area contributed by atoms with Crippen molar-refractivity contribution in [3.05, 3.63) is 113 Å². The van der Waals surface area contributed by atoms with E-state index < -0.39 is 0 Å². The van der Waals surface area contributed by atoms with Crippen LogP contribution in [-0.4, -0.2) is 14.4 Å². The molecule has 0 bridgehead atoms.